The quantitative estimate of drug-likeness (QED) is 0.710. The fourth-order valence-corrected chi connectivity index (χ4v) is 3.28. The molecule has 6 nitrogen and oxygen atoms in total. The largest absolute Gasteiger partial charge is 0.370 e. The zero-order valence-corrected chi connectivity index (χ0v) is 15.0. The number of carbonyl (C=O) groups excluding carboxylic acids is 1. The van der Waals surface area contributed by atoms with Gasteiger partial charge < -0.3 is 15.2 Å². The molecule has 7 heteroatoms. The minimum Gasteiger partial charge on any atom is -0.370 e. The van der Waals surface area contributed by atoms with Crippen LogP contribution in [0, 0.1) is 0 Å². The number of hydrogen-bond donors (Lipinski definition) is 2. The Balaban J connectivity index is 1.71. The summed E-state index contributed by atoms with van der Waals surface area (Å²) in [5.74, 6) is 0.788. The summed E-state index contributed by atoms with van der Waals surface area (Å²) >= 11 is 3.51. The highest BCUT2D eigenvalue weighted by Gasteiger charge is 2.17. The van der Waals surface area contributed by atoms with Crippen LogP contribution in [0.4, 0.5) is 5.69 Å². The highest BCUT2D eigenvalue weighted by molar-refractivity contribution is 9.10. The number of nitrogens with one attached hydrogen (secondary N) is 2. The van der Waals surface area contributed by atoms with Crippen molar-refractivity contribution in [2.75, 3.05) is 18.4 Å². The van der Waals surface area contributed by atoms with Crippen molar-refractivity contribution in [1.29, 1.82) is 0 Å². The van der Waals surface area contributed by atoms with Crippen LogP contribution < -0.4 is 10.6 Å². The van der Waals surface area contributed by atoms with Gasteiger partial charge in [-0.3, -0.25) is 14.8 Å². The SMILES string of the molecule is O=C(Nc1cccnc1)c1cn(CC2=NCCN2)c2cc(Br)ccc12. The first-order valence-electron chi connectivity index (χ1n) is 7.98. The van der Waals surface area contributed by atoms with Gasteiger partial charge in [0.1, 0.15) is 5.84 Å². The Hall–Kier alpha value is -2.67. The second-order valence-electron chi connectivity index (χ2n) is 5.78. The number of fused-ring (bicyclic) bond motifs is 1. The van der Waals surface area contributed by atoms with Crippen LogP contribution in [0.5, 0.6) is 0 Å². The second-order valence-corrected chi connectivity index (χ2v) is 6.70. The van der Waals surface area contributed by atoms with E-state index in [4.69, 9.17) is 0 Å². The molecule has 2 N–H and O–H groups in total. The Morgan fingerprint density at radius 2 is 2.28 bits per heavy atom. The number of pyridine rings is 1. The van der Waals surface area contributed by atoms with Gasteiger partial charge in [-0.1, -0.05) is 22.0 Å². The zero-order valence-electron chi connectivity index (χ0n) is 13.4. The van der Waals surface area contributed by atoms with Crippen molar-refractivity contribution in [2.45, 2.75) is 6.54 Å². The number of halogens is 1. The molecule has 3 heterocycles. The number of aliphatic imine (C=N–C) groups is 1. The molecule has 0 saturated heterocycles. The van der Waals surface area contributed by atoms with Crippen LogP contribution in [0.25, 0.3) is 10.9 Å². The predicted molar refractivity (Wildman–Crippen MR) is 102 cm³/mol. The number of hydrogen-bond acceptors (Lipinski definition) is 4. The number of anilines is 1. The van der Waals surface area contributed by atoms with Crippen LogP contribution in [-0.2, 0) is 6.54 Å². The maximum Gasteiger partial charge on any atom is 0.257 e. The molecular formula is C18H16BrN5O. The maximum absolute atomic E-state index is 12.8. The lowest BCUT2D eigenvalue weighted by Gasteiger charge is -2.06. The van der Waals surface area contributed by atoms with E-state index >= 15 is 0 Å². The molecule has 0 aliphatic carbocycles. The molecule has 2 aromatic heterocycles. The number of nitrogens with zero attached hydrogens (tertiary/aromatic N) is 3. The number of carbonyl (C=O) groups is 1. The van der Waals surface area contributed by atoms with Crippen molar-refractivity contribution in [3.8, 4) is 0 Å². The molecule has 1 amide bonds. The summed E-state index contributed by atoms with van der Waals surface area (Å²) in [4.78, 5) is 21.2. The second kappa shape index (κ2) is 6.68. The van der Waals surface area contributed by atoms with Crippen LogP contribution in [0.2, 0.25) is 0 Å². The minimum atomic E-state index is -0.152. The summed E-state index contributed by atoms with van der Waals surface area (Å²) < 4.78 is 3.02. The molecule has 0 fully saturated rings. The third-order valence-corrected chi connectivity index (χ3v) is 4.57. The van der Waals surface area contributed by atoms with E-state index in [9.17, 15) is 4.79 Å². The van der Waals surface area contributed by atoms with E-state index in [1.165, 1.54) is 0 Å². The summed E-state index contributed by atoms with van der Waals surface area (Å²) in [5, 5.41) is 7.08. The molecule has 0 atom stereocenters. The Morgan fingerprint density at radius 1 is 1.36 bits per heavy atom. The molecule has 1 aliphatic rings. The van der Waals surface area contributed by atoms with Gasteiger partial charge >= 0.3 is 0 Å². The lowest BCUT2D eigenvalue weighted by molar-refractivity contribution is 0.102. The van der Waals surface area contributed by atoms with Crippen molar-refractivity contribution in [3.63, 3.8) is 0 Å². The summed E-state index contributed by atoms with van der Waals surface area (Å²) in [6.07, 6.45) is 5.19. The average molecular weight is 398 g/mol. The van der Waals surface area contributed by atoms with E-state index in [1.807, 2.05) is 30.5 Å². The van der Waals surface area contributed by atoms with Crippen molar-refractivity contribution < 1.29 is 4.79 Å². The molecule has 0 radical (unpaired) electrons. The first kappa shape index (κ1) is 15.8. The van der Waals surface area contributed by atoms with Gasteiger partial charge in [-0.25, -0.2) is 0 Å². The Morgan fingerprint density at radius 3 is 3.04 bits per heavy atom. The standard InChI is InChI=1S/C18H16BrN5O/c19-12-3-4-14-15(18(25)23-13-2-1-5-20-9-13)10-24(16(14)8-12)11-17-21-6-7-22-17/h1-5,8-10H,6-7,11H2,(H,21,22)(H,23,25). The monoisotopic (exact) mass is 397 g/mol. The van der Waals surface area contributed by atoms with Gasteiger partial charge in [0.15, 0.2) is 0 Å². The normalized spacial score (nSPS) is 13.6. The van der Waals surface area contributed by atoms with Gasteiger partial charge in [0.05, 0.1) is 36.1 Å². The van der Waals surface area contributed by atoms with Crippen LogP contribution in [0.3, 0.4) is 0 Å². The molecule has 0 saturated carbocycles. The predicted octanol–water partition coefficient (Wildman–Crippen LogP) is 3.05. The first-order valence-corrected chi connectivity index (χ1v) is 8.77. The molecule has 1 aromatic carbocycles. The van der Waals surface area contributed by atoms with Crippen molar-refractivity contribution in [3.05, 3.63) is 59.0 Å². The number of amides is 1. The topological polar surface area (TPSA) is 71.3 Å². The molecule has 0 unspecified atom stereocenters. The van der Waals surface area contributed by atoms with Crippen molar-refractivity contribution >= 4 is 44.3 Å². The fraction of sp³-hybridized carbons (Fsp3) is 0.167. The number of aromatic nitrogens is 2. The van der Waals surface area contributed by atoms with E-state index in [-0.39, 0.29) is 5.91 Å². The Bertz CT molecular complexity index is 964. The molecular weight excluding hydrogens is 382 g/mol. The maximum atomic E-state index is 12.8. The van der Waals surface area contributed by atoms with Gasteiger partial charge in [-0.2, -0.15) is 0 Å². The highest BCUT2D eigenvalue weighted by atomic mass is 79.9. The van der Waals surface area contributed by atoms with E-state index in [2.05, 4.69) is 41.1 Å². The molecule has 0 spiro atoms. The summed E-state index contributed by atoms with van der Waals surface area (Å²) in [5.41, 5.74) is 2.29. The molecule has 0 bridgehead atoms. The fourth-order valence-electron chi connectivity index (χ4n) is 2.93. The van der Waals surface area contributed by atoms with E-state index in [1.54, 1.807) is 18.5 Å². The molecule has 3 aromatic rings. The molecule has 1 aliphatic heterocycles. The molecule has 4 rings (SSSR count). The lowest BCUT2D eigenvalue weighted by Crippen LogP contribution is -2.23. The first-order chi connectivity index (χ1) is 12.2. The summed E-state index contributed by atoms with van der Waals surface area (Å²) in [6, 6.07) is 9.53. The minimum absolute atomic E-state index is 0.152. The van der Waals surface area contributed by atoms with Crippen LogP contribution in [0.15, 0.2) is 58.4 Å². The van der Waals surface area contributed by atoms with Crippen LogP contribution in [-0.4, -0.2) is 34.4 Å². The van der Waals surface area contributed by atoms with Gasteiger partial charge in [-0.15, -0.1) is 0 Å². The third-order valence-electron chi connectivity index (χ3n) is 4.07. The highest BCUT2D eigenvalue weighted by Crippen LogP contribution is 2.26. The van der Waals surface area contributed by atoms with E-state index in [0.29, 0.717) is 17.8 Å². The van der Waals surface area contributed by atoms with E-state index in [0.717, 1.165) is 34.3 Å². The smallest absolute Gasteiger partial charge is 0.257 e. The average Bonchev–Trinajstić information content (AvgIpc) is 3.24. The lowest BCUT2D eigenvalue weighted by atomic mass is 10.1. The van der Waals surface area contributed by atoms with E-state index < -0.39 is 0 Å². The number of benzene rings is 1. The summed E-state index contributed by atoms with van der Waals surface area (Å²) in [7, 11) is 0. The Labute approximate surface area is 153 Å². The van der Waals surface area contributed by atoms with Gasteiger partial charge in [-0.05, 0) is 24.3 Å². The van der Waals surface area contributed by atoms with Crippen molar-refractivity contribution in [1.82, 2.24) is 14.9 Å². The molecule has 25 heavy (non-hydrogen) atoms. The van der Waals surface area contributed by atoms with Gasteiger partial charge in [0.25, 0.3) is 5.91 Å². The third kappa shape index (κ3) is 3.28. The van der Waals surface area contributed by atoms with Crippen LogP contribution >= 0.6 is 15.9 Å². The summed E-state index contributed by atoms with van der Waals surface area (Å²) in [6.45, 7) is 2.28. The zero-order chi connectivity index (χ0) is 17.2. The molecule has 126 valence electrons. The number of amidine groups is 1. The number of rotatable bonds is 4. The van der Waals surface area contributed by atoms with Crippen LogP contribution in [0.1, 0.15) is 10.4 Å². The van der Waals surface area contributed by atoms with Gasteiger partial charge in [0.2, 0.25) is 0 Å². The Kier molecular flexibility index (Phi) is 4.23. The van der Waals surface area contributed by atoms with Gasteiger partial charge in [0, 0.05) is 28.8 Å². The van der Waals surface area contributed by atoms with Crippen molar-refractivity contribution in [2.24, 2.45) is 4.99 Å².